The number of aliphatic hydroxyl groups is 2. The zero-order chi connectivity index (χ0) is 32.3. The lowest BCUT2D eigenvalue weighted by molar-refractivity contribution is -0.177. The molecule has 3 saturated carbocycles. The number of aromatic amines is 1. The van der Waals surface area contributed by atoms with Gasteiger partial charge in [-0.1, -0.05) is 55.4 Å². The Morgan fingerprint density at radius 3 is 2.68 bits per heavy atom. The number of nitrogens with zero attached hydrogens (tertiary/aromatic N) is 5. The molecule has 3 aromatic heterocycles. The molecule has 10 heteroatoms. The zero-order valence-corrected chi connectivity index (χ0v) is 27.8. The minimum atomic E-state index is -1.47. The van der Waals surface area contributed by atoms with E-state index in [1.807, 2.05) is 71.0 Å². The van der Waals surface area contributed by atoms with Crippen LogP contribution in [-0.2, 0) is 18.3 Å². The number of aryl methyl sites for hydroxylation is 1. The number of fused-ring (bicyclic) bond motifs is 8. The average molecular weight is 649 g/mol. The van der Waals surface area contributed by atoms with Crippen LogP contribution in [0.1, 0.15) is 57.2 Å². The summed E-state index contributed by atoms with van der Waals surface area (Å²) in [5.41, 5.74) is 5.02. The molecule has 9 rings (SSSR count). The number of carbonyl (C=O) groups is 1. The van der Waals surface area contributed by atoms with Crippen LogP contribution in [0.2, 0.25) is 0 Å². The van der Waals surface area contributed by atoms with Crippen LogP contribution in [0.25, 0.3) is 34.1 Å². The van der Waals surface area contributed by atoms with Crippen LogP contribution in [0.3, 0.4) is 0 Å². The highest BCUT2D eigenvalue weighted by Crippen LogP contribution is 2.67. The number of imidazole rings is 2. The van der Waals surface area contributed by atoms with Crippen LogP contribution in [0, 0.1) is 28.6 Å². The second kappa shape index (κ2) is 10.1. The van der Waals surface area contributed by atoms with Crippen molar-refractivity contribution in [2.24, 2.45) is 35.6 Å². The summed E-state index contributed by atoms with van der Waals surface area (Å²) in [7, 11) is 1.96. The van der Waals surface area contributed by atoms with Gasteiger partial charge in [-0.05, 0) is 97.6 Å². The summed E-state index contributed by atoms with van der Waals surface area (Å²) < 4.78 is 3.92. The van der Waals surface area contributed by atoms with E-state index < -0.39 is 17.1 Å². The maximum absolute atomic E-state index is 14.0. The third-order valence-electron chi connectivity index (χ3n) is 12.7. The highest BCUT2D eigenvalue weighted by molar-refractivity contribution is 7.99. The number of aromatic nitrogens is 6. The van der Waals surface area contributed by atoms with Crippen LogP contribution in [0.4, 0.5) is 0 Å². The van der Waals surface area contributed by atoms with Gasteiger partial charge in [-0.2, -0.15) is 5.10 Å². The van der Waals surface area contributed by atoms with Crippen molar-refractivity contribution < 1.29 is 15.0 Å². The molecule has 7 atom stereocenters. The van der Waals surface area contributed by atoms with Gasteiger partial charge in [0.15, 0.2) is 10.9 Å². The van der Waals surface area contributed by atoms with E-state index in [1.165, 1.54) is 17.3 Å². The summed E-state index contributed by atoms with van der Waals surface area (Å²) >= 11 is 1.39. The quantitative estimate of drug-likeness (QED) is 0.204. The first-order valence-corrected chi connectivity index (χ1v) is 17.8. The van der Waals surface area contributed by atoms with Gasteiger partial charge in [0.05, 0.1) is 45.8 Å². The predicted molar refractivity (Wildman–Crippen MR) is 182 cm³/mol. The Kier molecular flexibility index (Phi) is 6.34. The normalized spacial score (nSPS) is 32.9. The molecule has 242 valence electrons. The Morgan fingerprint density at radius 1 is 1.09 bits per heavy atom. The standard InChI is InChI=1S/C37H40N6O3S/c1-35-17-21-19-38-43(33-39-25-8-4-5-9-26(25)40-33)29(21)16-22(35)12-13-23-24-14-15-37(46,36(24,2)18-30(44)32(23)35)31(45)20-47-34-41-27-10-6-7-11-28(27)42(34)3/h4-11,16,19,23-24,30,32,44,46H,12-15,17-18,20H2,1-3H3,(H,39,40)/t23?,24?,30-,32?,35?,36?,37?/m0/s1. The molecule has 3 heterocycles. The maximum atomic E-state index is 14.0. The number of hydrogen-bond acceptors (Lipinski definition) is 7. The minimum Gasteiger partial charge on any atom is -0.393 e. The largest absolute Gasteiger partial charge is 0.393 e. The van der Waals surface area contributed by atoms with Gasteiger partial charge < -0.3 is 19.8 Å². The molecule has 6 unspecified atom stereocenters. The molecule has 0 amide bonds. The van der Waals surface area contributed by atoms with E-state index in [9.17, 15) is 15.0 Å². The smallest absolute Gasteiger partial charge is 0.229 e. The van der Waals surface area contributed by atoms with E-state index in [1.54, 1.807) is 0 Å². The summed E-state index contributed by atoms with van der Waals surface area (Å²) in [6.45, 7) is 4.40. The molecule has 0 radical (unpaired) electrons. The minimum absolute atomic E-state index is 0.0510. The number of carbonyl (C=O) groups excluding carboxylic acids is 1. The Balaban J connectivity index is 0.981. The first kappa shape index (κ1) is 29.4. The fraction of sp³-hybridized carbons (Fsp3) is 0.459. The molecule has 5 aromatic rings. The molecule has 4 aliphatic carbocycles. The van der Waals surface area contributed by atoms with Crippen LogP contribution < -0.4 is 0 Å². The molecule has 0 aliphatic heterocycles. The summed E-state index contributed by atoms with van der Waals surface area (Å²) in [6, 6.07) is 16.0. The van der Waals surface area contributed by atoms with Crippen LogP contribution >= 0.6 is 11.8 Å². The molecule has 47 heavy (non-hydrogen) atoms. The number of allylic oxidation sites excluding steroid dienone is 1. The average Bonchev–Trinajstić information content (AvgIpc) is 3.81. The predicted octanol–water partition coefficient (Wildman–Crippen LogP) is 5.88. The number of H-pyrrole nitrogens is 1. The van der Waals surface area contributed by atoms with Crippen LogP contribution in [0.15, 0.2) is 65.5 Å². The van der Waals surface area contributed by atoms with Crippen molar-refractivity contribution in [2.75, 3.05) is 5.75 Å². The zero-order valence-electron chi connectivity index (χ0n) is 27.0. The van der Waals surface area contributed by atoms with Gasteiger partial charge in [-0.3, -0.25) is 4.79 Å². The Labute approximate surface area is 277 Å². The second-order valence-corrected chi connectivity index (χ2v) is 15.8. The first-order valence-electron chi connectivity index (χ1n) is 16.8. The van der Waals surface area contributed by atoms with Gasteiger partial charge in [0, 0.05) is 12.5 Å². The van der Waals surface area contributed by atoms with E-state index in [4.69, 9.17) is 15.1 Å². The number of benzene rings is 2. The van der Waals surface area contributed by atoms with Gasteiger partial charge in [0.1, 0.15) is 5.60 Å². The van der Waals surface area contributed by atoms with Gasteiger partial charge in [0.2, 0.25) is 5.95 Å². The van der Waals surface area contributed by atoms with Crippen molar-refractivity contribution in [1.82, 2.24) is 29.3 Å². The van der Waals surface area contributed by atoms with Gasteiger partial charge in [0.25, 0.3) is 0 Å². The van der Waals surface area contributed by atoms with Crippen molar-refractivity contribution >= 4 is 45.7 Å². The van der Waals surface area contributed by atoms with Gasteiger partial charge >= 0.3 is 0 Å². The van der Waals surface area contributed by atoms with Crippen molar-refractivity contribution in [3.05, 3.63) is 71.6 Å². The van der Waals surface area contributed by atoms with Gasteiger partial charge in [-0.25, -0.2) is 14.6 Å². The van der Waals surface area contributed by atoms with Gasteiger partial charge in [-0.15, -0.1) is 0 Å². The second-order valence-electron chi connectivity index (χ2n) is 14.9. The lowest BCUT2D eigenvalue weighted by atomic mass is 9.45. The molecule has 9 nitrogen and oxygen atoms in total. The van der Waals surface area contributed by atoms with E-state index in [0.717, 1.165) is 64.2 Å². The topological polar surface area (TPSA) is 122 Å². The number of Topliss-reactive ketones (excluding diaryl/α,β-unsaturated/α-hetero) is 1. The third kappa shape index (κ3) is 4.04. The molecule has 2 aromatic carbocycles. The van der Waals surface area contributed by atoms with Crippen molar-refractivity contribution in [3.8, 4) is 5.95 Å². The third-order valence-corrected chi connectivity index (χ3v) is 13.7. The Hall–Kier alpha value is -3.73. The van der Waals surface area contributed by atoms with E-state index in [2.05, 4.69) is 24.9 Å². The summed E-state index contributed by atoms with van der Waals surface area (Å²) in [5, 5.41) is 29.9. The highest BCUT2D eigenvalue weighted by atomic mass is 32.2. The summed E-state index contributed by atoms with van der Waals surface area (Å²) in [6.07, 6.45) is 7.97. The van der Waals surface area contributed by atoms with Crippen molar-refractivity contribution in [2.45, 2.75) is 69.2 Å². The van der Waals surface area contributed by atoms with E-state index >= 15 is 0 Å². The monoisotopic (exact) mass is 648 g/mol. The molecular formula is C37H40N6O3S. The number of aliphatic hydroxyl groups excluding tert-OH is 1. The van der Waals surface area contributed by atoms with Crippen LogP contribution in [0.5, 0.6) is 0 Å². The molecule has 0 saturated heterocycles. The molecule has 0 bridgehead atoms. The fourth-order valence-electron chi connectivity index (χ4n) is 10.4. The number of para-hydroxylation sites is 4. The van der Waals surface area contributed by atoms with Crippen LogP contribution in [-0.4, -0.2) is 62.8 Å². The Bertz CT molecular complexity index is 2080. The molecular weight excluding hydrogens is 609 g/mol. The number of thioether (sulfide) groups is 1. The van der Waals surface area contributed by atoms with Crippen molar-refractivity contribution in [3.63, 3.8) is 0 Å². The van der Waals surface area contributed by atoms with Crippen molar-refractivity contribution in [1.29, 1.82) is 0 Å². The highest BCUT2D eigenvalue weighted by Gasteiger charge is 2.68. The van der Waals surface area contributed by atoms with E-state index in [-0.39, 0.29) is 34.7 Å². The lowest BCUT2D eigenvalue weighted by Gasteiger charge is -2.60. The summed E-state index contributed by atoms with van der Waals surface area (Å²) in [4.78, 5) is 26.9. The maximum Gasteiger partial charge on any atom is 0.229 e. The molecule has 0 spiro atoms. The SMILES string of the molecule is Cn1c(SCC(=O)C2(O)CCC3C4CCC5=Cc6c(cnn6-c6nc7ccccc7[nH]6)CC5(C)C4[C@@H](O)CC32C)nc2ccccc21. The molecule has 4 aliphatic rings. The number of nitrogens with one attached hydrogen (secondary N) is 1. The van der Waals surface area contributed by atoms with E-state index in [0.29, 0.717) is 18.8 Å². The first-order chi connectivity index (χ1) is 22.6. The number of rotatable bonds is 5. The fourth-order valence-corrected chi connectivity index (χ4v) is 11.3. The number of ketones is 1. The molecule has 3 fully saturated rings. The summed E-state index contributed by atoms with van der Waals surface area (Å²) in [5.74, 6) is 1.17. The molecule has 3 N–H and O–H groups in total. The number of hydrogen-bond donors (Lipinski definition) is 3. The lowest BCUT2D eigenvalue weighted by Crippen LogP contribution is -2.62. The Morgan fingerprint density at radius 2 is 1.87 bits per heavy atom.